The molecule has 0 aromatic rings. The van der Waals surface area contributed by atoms with E-state index in [1.54, 1.807) is 0 Å². The molecule has 0 aromatic carbocycles. The Morgan fingerprint density at radius 1 is 1.45 bits per heavy atom. The van der Waals surface area contributed by atoms with Crippen molar-refractivity contribution < 1.29 is 4.79 Å². The van der Waals surface area contributed by atoms with E-state index >= 15 is 0 Å². The zero-order chi connectivity index (χ0) is 8.91. The van der Waals surface area contributed by atoms with Gasteiger partial charge in [0.1, 0.15) is 6.29 Å². The maximum absolute atomic E-state index is 10.8. The Morgan fingerprint density at radius 2 is 2.00 bits per heavy atom. The largest absolute Gasteiger partial charge is 0.303 e. The number of aldehydes is 1. The third kappa shape index (κ3) is 2.64. The summed E-state index contributed by atoms with van der Waals surface area (Å²) >= 11 is 0. The minimum absolute atomic E-state index is 0.0799. The lowest BCUT2D eigenvalue weighted by atomic mass is 9.75. The molecule has 1 nitrogen and oxygen atoms in total. The fraction of sp³-hybridized carbons (Fsp3) is 0.900. The quantitative estimate of drug-likeness (QED) is 0.559. The smallest absolute Gasteiger partial charge is 0.126 e. The van der Waals surface area contributed by atoms with Crippen molar-refractivity contribution in [2.24, 2.45) is 11.3 Å². The van der Waals surface area contributed by atoms with E-state index in [0.29, 0.717) is 5.92 Å². The summed E-state index contributed by atoms with van der Waals surface area (Å²) in [6.07, 6.45) is 4.34. The van der Waals surface area contributed by atoms with Crippen molar-refractivity contribution in [2.75, 3.05) is 0 Å². The molecule has 0 aliphatic rings. The monoisotopic (exact) mass is 156 g/mol. The second kappa shape index (κ2) is 4.53. The van der Waals surface area contributed by atoms with E-state index in [0.717, 1.165) is 25.5 Å². The molecule has 0 aromatic heterocycles. The molecule has 0 saturated carbocycles. The van der Waals surface area contributed by atoms with E-state index in [1.165, 1.54) is 0 Å². The van der Waals surface area contributed by atoms with Gasteiger partial charge in [0.25, 0.3) is 0 Å². The molecule has 0 aliphatic carbocycles. The predicted octanol–water partition coefficient (Wildman–Crippen LogP) is 3.04. The van der Waals surface area contributed by atoms with Gasteiger partial charge < -0.3 is 4.79 Å². The van der Waals surface area contributed by atoms with Gasteiger partial charge in [-0.3, -0.25) is 0 Å². The highest BCUT2D eigenvalue weighted by atomic mass is 16.1. The van der Waals surface area contributed by atoms with Gasteiger partial charge in [-0.15, -0.1) is 0 Å². The molecule has 2 unspecified atom stereocenters. The Bertz CT molecular complexity index is 120. The van der Waals surface area contributed by atoms with Crippen LogP contribution in [0.1, 0.15) is 47.0 Å². The van der Waals surface area contributed by atoms with Crippen LogP contribution in [0.3, 0.4) is 0 Å². The van der Waals surface area contributed by atoms with Crippen LogP contribution in [0, 0.1) is 11.3 Å². The van der Waals surface area contributed by atoms with E-state index in [2.05, 4.69) is 27.7 Å². The molecule has 0 heterocycles. The molecular formula is C10H20O. The molecule has 0 aliphatic heterocycles. The molecular weight excluding hydrogens is 136 g/mol. The lowest BCUT2D eigenvalue weighted by Crippen LogP contribution is -2.26. The highest BCUT2D eigenvalue weighted by Crippen LogP contribution is 2.31. The SMILES string of the molecule is CCCC(C)(C=O)C(C)CC. The standard InChI is InChI=1S/C10H20O/c1-5-7-10(4,8-11)9(3)6-2/h8-9H,5-7H2,1-4H3. The molecule has 0 fully saturated rings. The van der Waals surface area contributed by atoms with Gasteiger partial charge in [0.2, 0.25) is 0 Å². The zero-order valence-electron chi connectivity index (χ0n) is 8.18. The summed E-state index contributed by atoms with van der Waals surface area (Å²) in [5.41, 5.74) is -0.0799. The lowest BCUT2D eigenvalue weighted by Gasteiger charge is -2.28. The topological polar surface area (TPSA) is 17.1 Å². The first-order valence-electron chi connectivity index (χ1n) is 4.57. The molecule has 0 radical (unpaired) electrons. The van der Waals surface area contributed by atoms with Gasteiger partial charge in [0, 0.05) is 5.41 Å². The normalized spacial score (nSPS) is 18.9. The van der Waals surface area contributed by atoms with Gasteiger partial charge in [-0.1, -0.05) is 40.5 Å². The first kappa shape index (κ1) is 10.7. The molecule has 0 N–H and O–H groups in total. The molecule has 66 valence electrons. The Hall–Kier alpha value is -0.330. The van der Waals surface area contributed by atoms with Crippen molar-refractivity contribution in [1.29, 1.82) is 0 Å². The summed E-state index contributed by atoms with van der Waals surface area (Å²) in [6, 6.07) is 0. The maximum atomic E-state index is 10.8. The van der Waals surface area contributed by atoms with Crippen LogP contribution < -0.4 is 0 Å². The first-order valence-corrected chi connectivity index (χ1v) is 4.57. The molecule has 1 heteroatoms. The third-order valence-electron chi connectivity index (χ3n) is 2.80. The Labute approximate surface area is 70.2 Å². The van der Waals surface area contributed by atoms with Crippen molar-refractivity contribution in [1.82, 2.24) is 0 Å². The molecule has 0 amide bonds. The van der Waals surface area contributed by atoms with Gasteiger partial charge in [-0.05, 0) is 12.3 Å². The van der Waals surface area contributed by atoms with Crippen LogP contribution in [0.4, 0.5) is 0 Å². The van der Waals surface area contributed by atoms with Crippen LogP contribution in [-0.4, -0.2) is 6.29 Å². The zero-order valence-corrected chi connectivity index (χ0v) is 8.18. The van der Waals surface area contributed by atoms with Gasteiger partial charge in [-0.25, -0.2) is 0 Å². The van der Waals surface area contributed by atoms with Crippen molar-refractivity contribution in [2.45, 2.75) is 47.0 Å². The Morgan fingerprint density at radius 3 is 2.27 bits per heavy atom. The fourth-order valence-corrected chi connectivity index (χ4v) is 1.43. The van der Waals surface area contributed by atoms with Crippen LogP contribution in [0.15, 0.2) is 0 Å². The number of carbonyl (C=O) groups excluding carboxylic acids is 1. The third-order valence-corrected chi connectivity index (χ3v) is 2.80. The van der Waals surface area contributed by atoms with Crippen molar-refractivity contribution >= 4 is 6.29 Å². The highest BCUT2D eigenvalue weighted by molar-refractivity contribution is 5.59. The molecule has 0 rings (SSSR count). The molecule has 2 atom stereocenters. The van der Waals surface area contributed by atoms with Crippen LogP contribution in [0.2, 0.25) is 0 Å². The van der Waals surface area contributed by atoms with Crippen molar-refractivity contribution in [3.63, 3.8) is 0 Å². The summed E-state index contributed by atoms with van der Waals surface area (Å²) in [5.74, 6) is 0.514. The summed E-state index contributed by atoms with van der Waals surface area (Å²) in [5, 5.41) is 0. The van der Waals surface area contributed by atoms with Gasteiger partial charge in [0.15, 0.2) is 0 Å². The minimum Gasteiger partial charge on any atom is -0.303 e. The van der Waals surface area contributed by atoms with Crippen LogP contribution in [0.25, 0.3) is 0 Å². The lowest BCUT2D eigenvalue weighted by molar-refractivity contribution is -0.118. The summed E-state index contributed by atoms with van der Waals surface area (Å²) in [7, 11) is 0. The highest BCUT2D eigenvalue weighted by Gasteiger charge is 2.28. The molecule has 0 spiro atoms. The van der Waals surface area contributed by atoms with E-state index in [4.69, 9.17) is 0 Å². The minimum atomic E-state index is -0.0799. The number of carbonyl (C=O) groups is 1. The first-order chi connectivity index (χ1) is 5.10. The van der Waals surface area contributed by atoms with Gasteiger partial charge >= 0.3 is 0 Å². The van der Waals surface area contributed by atoms with E-state index < -0.39 is 0 Å². The average molecular weight is 156 g/mol. The molecule has 0 bridgehead atoms. The van der Waals surface area contributed by atoms with Crippen LogP contribution in [0.5, 0.6) is 0 Å². The molecule has 0 saturated heterocycles. The summed E-state index contributed by atoms with van der Waals surface area (Å²) < 4.78 is 0. The number of hydrogen-bond donors (Lipinski definition) is 0. The number of hydrogen-bond acceptors (Lipinski definition) is 1. The van der Waals surface area contributed by atoms with Crippen molar-refractivity contribution in [3.05, 3.63) is 0 Å². The number of rotatable bonds is 5. The Balaban J connectivity index is 4.18. The van der Waals surface area contributed by atoms with Gasteiger partial charge in [-0.2, -0.15) is 0 Å². The Kier molecular flexibility index (Phi) is 4.39. The van der Waals surface area contributed by atoms with E-state index in [1.807, 2.05) is 0 Å². The predicted molar refractivity (Wildman–Crippen MR) is 48.5 cm³/mol. The second-order valence-electron chi connectivity index (χ2n) is 3.68. The van der Waals surface area contributed by atoms with E-state index in [-0.39, 0.29) is 5.41 Å². The second-order valence-corrected chi connectivity index (χ2v) is 3.68. The fourth-order valence-electron chi connectivity index (χ4n) is 1.43. The maximum Gasteiger partial charge on any atom is 0.126 e. The summed E-state index contributed by atoms with van der Waals surface area (Å²) in [4.78, 5) is 10.8. The average Bonchev–Trinajstić information content (AvgIpc) is 2.03. The van der Waals surface area contributed by atoms with Crippen molar-refractivity contribution in [3.8, 4) is 0 Å². The van der Waals surface area contributed by atoms with Crippen LogP contribution >= 0.6 is 0 Å². The van der Waals surface area contributed by atoms with Gasteiger partial charge in [0.05, 0.1) is 0 Å². The molecule has 11 heavy (non-hydrogen) atoms. The summed E-state index contributed by atoms with van der Waals surface area (Å²) in [6.45, 7) is 8.49. The van der Waals surface area contributed by atoms with Crippen LogP contribution in [-0.2, 0) is 4.79 Å². The van der Waals surface area contributed by atoms with E-state index in [9.17, 15) is 4.79 Å².